The zero-order valence-electron chi connectivity index (χ0n) is 16.3. The van der Waals surface area contributed by atoms with Crippen LogP contribution in [0, 0.1) is 23.2 Å². The molecular weight excluding hydrogens is 388 g/mol. The number of hydrogen-bond acceptors (Lipinski definition) is 4. The molecule has 1 N–H and O–H groups in total. The predicted octanol–water partition coefficient (Wildman–Crippen LogP) is 4.38. The van der Waals surface area contributed by atoms with E-state index in [9.17, 15) is 9.59 Å². The van der Waals surface area contributed by atoms with Crippen LogP contribution in [0.15, 0.2) is 30.3 Å². The summed E-state index contributed by atoms with van der Waals surface area (Å²) in [4.78, 5) is 29.1. The van der Waals surface area contributed by atoms with Gasteiger partial charge in [0.05, 0.1) is 11.1 Å². The van der Waals surface area contributed by atoms with Gasteiger partial charge in [-0.2, -0.15) is 0 Å². The molecule has 0 aliphatic heterocycles. The van der Waals surface area contributed by atoms with Gasteiger partial charge in [-0.05, 0) is 73.8 Å². The normalized spacial score (nSPS) is 29.8. The molecule has 4 saturated carbocycles. The van der Waals surface area contributed by atoms with Crippen molar-refractivity contribution in [2.24, 2.45) is 23.2 Å². The second kappa shape index (κ2) is 7.28. The molecule has 4 aliphatic rings. The number of nitrogens with zero attached hydrogens (tertiary/aromatic N) is 1. The van der Waals surface area contributed by atoms with Crippen LogP contribution in [0.2, 0.25) is 5.15 Å². The fraction of sp³-hybridized carbons (Fsp3) is 0.522. The minimum absolute atomic E-state index is 0.224. The lowest BCUT2D eigenvalue weighted by Gasteiger charge is -2.56. The second-order valence-corrected chi connectivity index (χ2v) is 9.67. The summed E-state index contributed by atoms with van der Waals surface area (Å²) in [5, 5.41) is 3.93. The SMILES string of the molecule is O=C(COC(=O)c1cc(Cl)nc2ccccc12)NCC12CC3CC(CC(C3)C1)C2. The van der Waals surface area contributed by atoms with Crippen LogP contribution in [0.3, 0.4) is 0 Å². The van der Waals surface area contributed by atoms with Gasteiger partial charge in [0, 0.05) is 11.9 Å². The smallest absolute Gasteiger partial charge is 0.339 e. The van der Waals surface area contributed by atoms with E-state index < -0.39 is 5.97 Å². The van der Waals surface area contributed by atoms with Crippen LogP contribution < -0.4 is 5.32 Å². The van der Waals surface area contributed by atoms with E-state index >= 15 is 0 Å². The molecule has 6 rings (SSSR count). The van der Waals surface area contributed by atoms with Gasteiger partial charge in [0.15, 0.2) is 6.61 Å². The van der Waals surface area contributed by atoms with Crippen LogP contribution in [-0.2, 0) is 9.53 Å². The van der Waals surface area contributed by atoms with Gasteiger partial charge >= 0.3 is 5.97 Å². The monoisotopic (exact) mass is 412 g/mol. The Hall–Kier alpha value is -2.14. The molecule has 4 fully saturated rings. The lowest BCUT2D eigenvalue weighted by molar-refractivity contribution is -0.126. The van der Waals surface area contributed by atoms with Crippen LogP contribution in [0.25, 0.3) is 10.9 Å². The van der Waals surface area contributed by atoms with Gasteiger partial charge < -0.3 is 10.1 Å². The number of para-hydroxylation sites is 1. The Kier molecular flexibility index (Phi) is 4.73. The van der Waals surface area contributed by atoms with Crippen molar-refractivity contribution in [3.63, 3.8) is 0 Å². The molecule has 4 bridgehead atoms. The van der Waals surface area contributed by atoms with Crippen molar-refractivity contribution in [2.75, 3.05) is 13.2 Å². The minimum atomic E-state index is -0.560. The summed E-state index contributed by atoms with van der Waals surface area (Å²) in [6.07, 6.45) is 7.86. The highest BCUT2D eigenvalue weighted by Crippen LogP contribution is 2.59. The fourth-order valence-corrected chi connectivity index (χ4v) is 6.56. The standard InChI is InChI=1S/C23H25ClN2O3/c24-20-8-18(17-3-1-2-4-19(17)26-20)22(28)29-12-21(27)25-13-23-9-14-5-15(10-23)7-16(6-14)11-23/h1-4,8,14-16H,5-7,9-13H2,(H,25,27). The third-order valence-corrected chi connectivity index (χ3v) is 7.26. The van der Waals surface area contributed by atoms with Gasteiger partial charge in [-0.15, -0.1) is 0 Å². The van der Waals surface area contributed by atoms with E-state index in [-0.39, 0.29) is 23.1 Å². The summed E-state index contributed by atoms with van der Waals surface area (Å²) in [5.74, 6) is 1.75. The molecule has 4 aliphatic carbocycles. The van der Waals surface area contributed by atoms with Gasteiger partial charge in [-0.3, -0.25) is 4.79 Å². The molecule has 0 unspecified atom stereocenters. The Morgan fingerprint density at radius 2 is 1.76 bits per heavy atom. The molecule has 6 heteroatoms. The molecule has 0 saturated heterocycles. The number of amides is 1. The Bertz CT molecular complexity index is 938. The van der Waals surface area contributed by atoms with E-state index in [0.717, 1.165) is 17.8 Å². The van der Waals surface area contributed by atoms with Crippen molar-refractivity contribution in [3.05, 3.63) is 41.0 Å². The Balaban J connectivity index is 1.19. The highest BCUT2D eigenvalue weighted by Gasteiger charge is 2.50. The number of fused-ring (bicyclic) bond motifs is 1. The number of aromatic nitrogens is 1. The van der Waals surface area contributed by atoms with E-state index in [1.165, 1.54) is 44.6 Å². The molecule has 29 heavy (non-hydrogen) atoms. The average Bonchev–Trinajstić information content (AvgIpc) is 2.69. The number of carbonyl (C=O) groups excluding carboxylic acids is 2. The molecule has 152 valence electrons. The van der Waals surface area contributed by atoms with E-state index in [2.05, 4.69) is 10.3 Å². The highest BCUT2D eigenvalue weighted by atomic mass is 35.5. The molecule has 0 spiro atoms. The minimum Gasteiger partial charge on any atom is -0.452 e. The van der Waals surface area contributed by atoms with Crippen LogP contribution in [-0.4, -0.2) is 30.0 Å². The zero-order chi connectivity index (χ0) is 20.0. The quantitative estimate of drug-likeness (QED) is 0.584. The molecule has 1 heterocycles. The second-order valence-electron chi connectivity index (χ2n) is 9.28. The van der Waals surface area contributed by atoms with Crippen molar-refractivity contribution in [1.82, 2.24) is 10.3 Å². The van der Waals surface area contributed by atoms with Crippen molar-refractivity contribution in [2.45, 2.75) is 38.5 Å². The number of benzene rings is 1. The van der Waals surface area contributed by atoms with Crippen molar-refractivity contribution in [1.29, 1.82) is 0 Å². The number of ether oxygens (including phenoxy) is 1. The Morgan fingerprint density at radius 1 is 1.10 bits per heavy atom. The average molecular weight is 413 g/mol. The maximum absolute atomic E-state index is 12.6. The van der Waals surface area contributed by atoms with E-state index in [4.69, 9.17) is 16.3 Å². The highest BCUT2D eigenvalue weighted by molar-refractivity contribution is 6.30. The zero-order valence-corrected chi connectivity index (χ0v) is 17.1. The summed E-state index contributed by atoms with van der Waals surface area (Å²) in [6, 6.07) is 8.73. The molecular formula is C23H25ClN2O3. The third kappa shape index (κ3) is 3.73. The molecule has 1 aromatic carbocycles. The first-order valence-corrected chi connectivity index (χ1v) is 10.9. The number of halogens is 1. The van der Waals surface area contributed by atoms with E-state index in [1.807, 2.05) is 12.1 Å². The van der Waals surface area contributed by atoms with Gasteiger partial charge in [-0.1, -0.05) is 29.8 Å². The first-order chi connectivity index (χ1) is 14.0. The molecule has 1 amide bonds. The number of nitrogens with one attached hydrogen (secondary N) is 1. The molecule has 2 aromatic rings. The van der Waals surface area contributed by atoms with Crippen molar-refractivity contribution in [3.8, 4) is 0 Å². The van der Waals surface area contributed by atoms with E-state index in [0.29, 0.717) is 23.0 Å². The number of pyridine rings is 1. The van der Waals surface area contributed by atoms with Gasteiger partial charge in [-0.25, -0.2) is 9.78 Å². The molecule has 1 aromatic heterocycles. The van der Waals surface area contributed by atoms with E-state index in [1.54, 1.807) is 12.1 Å². The van der Waals surface area contributed by atoms with Crippen LogP contribution in [0.1, 0.15) is 48.9 Å². The topological polar surface area (TPSA) is 68.3 Å². The fourth-order valence-electron chi connectivity index (χ4n) is 6.36. The van der Waals surface area contributed by atoms with Gasteiger partial charge in [0.1, 0.15) is 5.15 Å². The van der Waals surface area contributed by atoms with Crippen LogP contribution in [0.4, 0.5) is 0 Å². The summed E-state index contributed by atoms with van der Waals surface area (Å²) in [7, 11) is 0. The summed E-state index contributed by atoms with van der Waals surface area (Å²) in [6.45, 7) is 0.427. The Morgan fingerprint density at radius 3 is 2.45 bits per heavy atom. The van der Waals surface area contributed by atoms with Gasteiger partial charge in [0.2, 0.25) is 0 Å². The first kappa shape index (κ1) is 18.9. The van der Waals surface area contributed by atoms with Gasteiger partial charge in [0.25, 0.3) is 5.91 Å². The first-order valence-electron chi connectivity index (χ1n) is 10.5. The maximum Gasteiger partial charge on any atom is 0.339 e. The lowest BCUT2D eigenvalue weighted by Crippen LogP contribution is -2.51. The Labute approximate surface area is 175 Å². The predicted molar refractivity (Wildman–Crippen MR) is 111 cm³/mol. The largest absolute Gasteiger partial charge is 0.452 e. The summed E-state index contributed by atoms with van der Waals surface area (Å²) < 4.78 is 5.29. The maximum atomic E-state index is 12.6. The third-order valence-electron chi connectivity index (χ3n) is 7.06. The summed E-state index contributed by atoms with van der Waals surface area (Å²) >= 11 is 6.03. The lowest BCUT2D eigenvalue weighted by atomic mass is 9.49. The number of rotatable bonds is 5. The van der Waals surface area contributed by atoms with Crippen molar-refractivity contribution < 1.29 is 14.3 Å². The van der Waals surface area contributed by atoms with Crippen molar-refractivity contribution >= 4 is 34.4 Å². The summed E-state index contributed by atoms with van der Waals surface area (Å²) in [5.41, 5.74) is 1.22. The number of esters is 1. The molecule has 5 nitrogen and oxygen atoms in total. The molecule has 0 atom stereocenters. The van der Waals surface area contributed by atoms with Crippen LogP contribution >= 0.6 is 11.6 Å². The van der Waals surface area contributed by atoms with Crippen LogP contribution in [0.5, 0.6) is 0 Å². The number of hydrogen-bond donors (Lipinski definition) is 1. The molecule has 0 radical (unpaired) electrons. The number of carbonyl (C=O) groups is 2.